The van der Waals surface area contributed by atoms with Gasteiger partial charge in [-0.25, -0.2) is 0 Å². The molecule has 0 aromatic rings. The molecule has 0 aliphatic rings. The van der Waals surface area contributed by atoms with Crippen LogP contribution in [0.5, 0.6) is 0 Å². The van der Waals surface area contributed by atoms with Gasteiger partial charge in [0, 0.05) is 19.6 Å². The highest BCUT2D eigenvalue weighted by Crippen LogP contribution is 2.09. The molecule has 0 saturated heterocycles. The lowest BCUT2D eigenvalue weighted by atomic mass is 10.1. The molecule has 0 aliphatic heterocycles. The maximum Gasteiger partial charge on any atom is 0.239 e. The van der Waals surface area contributed by atoms with Gasteiger partial charge in [0.2, 0.25) is 5.91 Å². The van der Waals surface area contributed by atoms with Crippen LogP contribution in [-0.2, 0) is 4.79 Å². The van der Waals surface area contributed by atoms with E-state index in [9.17, 15) is 9.90 Å². The van der Waals surface area contributed by atoms with E-state index in [0.29, 0.717) is 6.54 Å². The van der Waals surface area contributed by atoms with Crippen LogP contribution in [0.4, 0.5) is 0 Å². The molecule has 4 heteroatoms. The van der Waals surface area contributed by atoms with Gasteiger partial charge in [0.1, 0.15) is 0 Å². The van der Waals surface area contributed by atoms with Gasteiger partial charge in [-0.3, -0.25) is 9.69 Å². The van der Waals surface area contributed by atoms with E-state index in [4.69, 9.17) is 0 Å². The van der Waals surface area contributed by atoms with Crippen LogP contribution in [0.25, 0.3) is 0 Å². The van der Waals surface area contributed by atoms with Crippen molar-refractivity contribution in [1.29, 1.82) is 0 Å². The van der Waals surface area contributed by atoms with Crippen molar-refractivity contribution in [2.24, 2.45) is 0 Å². The summed E-state index contributed by atoms with van der Waals surface area (Å²) < 4.78 is 0. The summed E-state index contributed by atoms with van der Waals surface area (Å²) >= 11 is 0. The van der Waals surface area contributed by atoms with E-state index in [1.807, 2.05) is 32.7 Å². The third kappa shape index (κ3) is 4.94. The molecule has 0 fully saturated rings. The number of nitrogens with zero attached hydrogens (tertiary/aromatic N) is 2. The van der Waals surface area contributed by atoms with Gasteiger partial charge in [-0.2, -0.15) is 0 Å². The first-order valence-corrected chi connectivity index (χ1v) is 5.75. The van der Waals surface area contributed by atoms with E-state index < -0.39 is 5.60 Å². The van der Waals surface area contributed by atoms with Crippen molar-refractivity contribution in [3.63, 3.8) is 0 Å². The Morgan fingerprint density at radius 1 is 1.25 bits per heavy atom. The van der Waals surface area contributed by atoms with Gasteiger partial charge < -0.3 is 10.0 Å². The fraction of sp³-hybridized carbons (Fsp3) is 0.917. The molecular formula is C12H26N2O2. The van der Waals surface area contributed by atoms with Gasteiger partial charge in [-0.05, 0) is 41.7 Å². The lowest BCUT2D eigenvalue weighted by molar-refractivity contribution is -0.136. The zero-order valence-corrected chi connectivity index (χ0v) is 11.6. The van der Waals surface area contributed by atoms with Crippen LogP contribution in [0.3, 0.4) is 0 Å². The lowest BCUT2D eigenvalue weighted by Crippen LogP contribution is -2.49. The van der Waals surface area contributed by atoms with Crippen LogP contribution in [0.2, 0.25) is 0 Å². The van der Waals surface area contributed by atoms with Gasteiger partial charge in [0.25, 0.3) is 0 Å². The van der Waals surface area contributed by atoms with Crippen molar-refractivity contribution < 1.29 is 9.90 Å². The molecule has 16 heavy (non-hydrogen) atoms. The second-order valence-corrected chi connectivity index (χ2v) is 5.45. The van der Waals surface area contributed by atoms with Crippen LogP contribution in [-0.4, -0.2) is 59.1 Å². The van der Waals surface area contributed by atoms with Gasteiger partial charge in [0.05, 0.1) is 11.6 Å². The molecule has 0 aromatic carbocycles. The molecule has 0 saturated carbocycles. The molecule has 1 unspecified atom stereocenters. The third-order valence-corrected chi connectivity index (χ3v) is 2.78. The molecule has 1 atom stereocenters. The average Bonchev–Trinajstić information content (AvgIpc) is 2.11. The number of hydrogen-bond acceptors (Lipinski definition) is 3. The van der Waals surface area contributed by atoms with E-state index in [2.05, 4.69) is 0 Å². The summed E-state index contributed by atoms with van der Waals surface area (Å²) in [6.45, 7) is 9.81. The molecule has 0 spiro atoms. The molecule has 0 aromatic heterocycles. The Morgan fingerprint density at radius 3 is 2.00 bits per heavy atom. The number of hydrogen-bond donors (Lipinski definition) is 1. The second kappa shape index (κ2) is 5.64. The van der Waals surface area contributed by atoms with Crippen molar-refractivity contribution >= 4 is 5.91 Å². The van der Waals surface area contributed by atoms with Crippen molar-refractivity contribution in [3.8, 4) is 0 Å². The number of carbonyl (C=O) groups excluding carboxylic acids is 1. The first-order valence-electron chi connectivity index (χ1n) is 5.75. The van der Waals surface area contributed by atoms with Crippen molar-refractivity contribution in [2.45, 2.75) is 52.3 Å². The Bertz CT molecular complexity index is 234. The zero-order valence-electron chi connectivity index (χ0n) is 11.6. The zero-order chi connectivity index (χ0) is 13.1. The van der Waals surface area contributed by atoms with Gasteiger partial charge in [0.15, 0.2) is 0 Å². The Kier molecular flexibility index (Phi) is 5.42. The van der Waals surface area contributed by atoms with Crippen LogP contribution in [0.1, 0.15) is 34.6 Å². The molecule has 4 nitrogen and oxygen atoms in total. The highest BCUT2D eigenvalue weighted by molar-refractivity contribution is 5.81. The Hall–Kier alpha value is -0.610. The molecule has 0 heterocycles. The highest BCUT2D eigenvalue weighted by atomic mass is 16.3. The van der Waals surface area contributed by atoms with E-state index in [0.717, 1.165) is 0 Å². The number of likely N-dealkylation sites (N-methyl/N-ethyl adjacent to an activating group) is 2. The first-order chi connectivity index (χ1) is 7.06. The van der Waals surface area contributed by atoms with E-state index in [-0.39, 0.29) is 18.0 Å². The third-order valence-electron chi connectivity index (χ3n) is 2.78. The number of aliphatic hydroxyl groups is 1. The summed E-state index contributed by atoms with van der Waals surface area (Å²) in [5.41, 5.74) is -0.778. The summed E-state index contributed by atoms with van der Waals surface area (Å²) in [6, 6.07) is -0.00990. The van der Waals surface area contributed by atoms with Crippen LogP contribution in [0, 0.1) is 0 Å². The van der Waals surface area contributed by atoms with E-state index in [1.165, 1.54) is 0 Å². The standard InChI is InChI=1S/C12H26N2O2/c1-9(2)14(7)11(15)10(3)13(6)8-12(4,5)16/h9-10,16H,8H2,1-7H3. The second-order valence-electron chi connectivity index (χ2n) is 5.45. The van der Waals surface area contributed by atoms with Crippen LogP contribution in [0.15, 0.2) is 0 Å². The van der Waals surface area contributed by atoms with Crippen LogP contribution >= 0.6 is 0 Å². The largest absolute Gasteiger partial charge is 0.389 e. The fourth-order valence-electron chi connectivity index (χ4n) is 1.48. The molecule has 1 N–H and O–H groups in total. The van der Waals surface area contributed by atoms with Gasteiger partial charge in [-0.1, -0.05) is 0 Å². The molecular weight excluding hydrogens is 204 g/mol. The Balaban J connectivity index is 4.44. The lowest BCUT2D eigenvalue weighted by Gasteiger charge is -2.33. The SMILES string of the molecule is CC(C(=O)N(C)C(C)C)N(C)CC(C)(C)O. The predicted octanol–water partition coefficient (Wildman–Crippen LogP) is 0.944. The Labute approximate surface area is 99.2 Å². The average molecular weight is 230 g/mol. The number of carbonyl (C=O) groups is 1. The maximum absolute atomic E-state index is 12.0. The summed E-state index contributed by atoms with van der Waals surface area (Å²) in [7, 11) is 3.66. The predicted molar refractivity (Wildman–Crippen MR) is 66.3 cm³/mol. The summed E-state index contributed by atoms with van der Waals surface area (Å²) in [4.78, 5) is 15.6. The maximum atomic E-state index is 12.0. The summed E-state index contributed by atoms with van der Waals surface area (Å²) in [6.07, 6.45) is 0. The van der Waals surface area contributed by atoms with E-state index in [1.54, 1.807) is 25.8 Å². The van der Waals surface area contributed by atoms with Crippen LogP contribution < -0.4 is 0 Å². The number of rotatable bonds is 5. The van der Waals surface area contributed by atoms with E-state index >= 15 is 0 Å². The first kappa shape index (κ1) is 15.4. The van der Waals surface area contributed by atoms with Crippen molar-refractivity contribution in [1.82, 2.24) is 9.80 Å². The quantitative estimate of drug-likeness (QED) is 0.764. The molecule has 0 bridgehead atoms. The minimum atomic E-state index is -0.778. The minimum absolute atomic E-state index is 0.0850. The van der Waals surface area contributed by atoms with Gasteiger partial charge >= 0.3 is 0 Å². The molecule has 0 aliphatic carbocycles. The molecule has 0 rings (SSSR count). The minimum Gasteiger partial charge on any atom is -0.389 e. The van der Waals surface area contributed by atoms with Crippen molar-refractivity contribution in [2.75, 3.05) is 20.6 Å². The number of amides is 1. The molecule has 0 radical (unpaired) electrons. The summed E-state index contributed by atoms with van der Waals surface area (Å²) in [5.74, 6) is 0.0850. The monoisotopic (exact) mass is 230 g/mol. The molecule has 96 valence electrons. The topological polar surface area (TPSA) is 43.8 Å². The normalized spacial score (nSPS) is 14.4. The Morgan fingerprint density at radius 2 is 1.69 bits per heavy atom. The fourth-order valence-corrected chi connectivity index (χ4v) is 1.48. The van der Waals surface area contributed by atoms with Crippen molar-refractivity contribution in [3.05, 3.63) is 0 Å². The smallest absolute Gasteiger partial charge is 0.239 e. The van der Waals surface area contributed by atoms with Gasteiger partial charge in [-0.15, -0.1) is 0 Å². The summed E-state index contributed by atoms with van der Waals surface area (Å²) in [5, 5.41) is 9.70. The highest BCUT2D eigenvalue weighted by Gasteiger charge is 2.26. The molecule has 1 amide bonds.